The molecule has 1 amide bonds. The van der Waals surface area contributed by atoms with Gasteiger partial charge in [0.15, 0.2) is 5.84 Å². The number of rotatable bonds is 8. The largest absolute Gasteiger partial charge is 0.493 e. The van der Waals surface area contributed by atoms with E-state index in [0.717, 1.165) is 33.4 Å². The molecular weight excluding hydrogens is 468 g/mol. The number of amidine groups is 2. The summed E-state index contributed by atoms with van der Waals surface area (Å²) in [4.78, 5) is 17.7. The molecule has 2 aliphatic rings. The van der Waals surface area contributed by atoms with Gasteiger partial charge in [-0.05, 0) is 59.1 Å². The van der Waals surface area contributed by atoms with Gasteiger partial charge in [0, 0.05) is 6.42 Å². The molecule has 1 N–H and O–H groups in total. The number of hydrogen-bond acceptors (Lipinski definition) is 7. The Morgan fingerprint density at radius 1 is 0.941 bits per heavy atom. The first kappa shape index (κ1) is 22.1. The van der Waals surface area contributed by atoms with E-state index < -0.39 is 5.91 Å². The number of nitrogens with zero attached hydrogens (tertiary/aromatic N) is 3. The Morgan fingerprint density at radius 2 is 1.68 bits per heavy atom. The van der Waals surface area contributed by atoms with Crippen molar-refractivity contribution >= 4 is 51.1 Å². The summed E-state index contributed by atoms with van der Waals surface area (Å²) in [6.45, 7) is 1.11. The van der Waals surface area contributed by atoms with Crippen LogP contribution < -0.4 is 9.47 Å². The number of thioether (sulfide) groups is 1. The van der Waals surface area contributed by atoms with Gasteiger partial charge < -0.3 is 9.47 Å². The molecule has 0 spiro atoms. The lowest BCUT2D eigenvalue weighted by atomic mass is 10.1. The molecule has 0 fully saturated rings. The van der Waals surface area contributed by atoms with Gasteiger partial charge in [0.25, 0.3) is 5.91 Å². The molecule has 0 saturated heterocycles. The summed E-state index contributed by atoms with van der Waals surface area (Å²) in [7, 11) is 0. The topological polar surface area (TPSA) is 87.3 Å². The second-order valence-corrected chi connectivity index (χ2v) is 9.24. The molecule has 0 radical (unpaired) electrons. The highest BCUT2D eigenvalue weighted by Crippen LogP contribution is 2.32. The normalized spacial score (nSPS) is 16.4. The first-order valence-electron chi connectivity index (χ1n) is 10.6. The number of aliphatic imine (C=N–C) groups is 1. The van der Waals surface area contributed by atoms with E-state index in [1.165, 1.54) is 16.8 Å². The molecule has 5 rings (SSSR count). The number of nitrogens with one attached hydrogen (secondary N) is 1. The third-order valence-corrected chi connectivity index (χ3v) is 6.89. The maximum absolute atomic E-state index is 12.6. The SMILES string of the molecule is N=C1C(=Cc2ccc(OCCCOc3ccccc3)cc2)C(=O)N=C2SC(c3cccs3)=NN12. The number of ether oxygens (including phenoxy) is 2. The van der Waals surface area contributed by atoms with Gasteiger partial charge >= 0.3 is 0 Å². The number of para-hydroxylation sites is 1. The van der Waals surface area contributed by atoms with Crippen LogP contribution in [-0.4, -0.2) is 40.2 Å². The summed E-state index contributed by atoms with van der Waals surface area (Å²) in [6.07, 6.45) is 2.42. The van der Waals surface area contributed by atoms with Crippen LogP contribution in [0.25, 0.3) is 6.08 Å². The van der Waals surface area contributed by atoms with Crippen molar-refractivity contribution in [3.8, 4) is 11.5 Å². The predicted molar refractivity (Wildman–Crippen MR) is 137 cm³/mol. The highest BCUT2D eigenvalue weighted by Gasteiger charge is 2.36. The maximum Gasteiger partial charge on any atom is 0.283 e. The monoisotopic (exact) mass is 488 g/mol. The minimum Gasteiger partial charge on any atom is -0.493 e. The van der Waals surface area contributed by atoms with Crippen molar-refractivity contribution in [2.24, 2.45) is 10.1 Å². The molecule has 2 aliphatic heterocycles. The lowest BCUT2D eigenvalue weighted by Crippen LogP contribution is -2.35. The molecule has 0 unspecified atom stereocenters. The Labute approximate surface area is 204 Å². The van der Waals surface area contributed by atoms with Gasteiger partial charge in [-0.2, -0.15) is 15.1 Å². The van der Waals surface area contributed by atoms with Gasteiger partial charge in [-0.15, -0.1) is 11.3 Å². The molecule has 3 aromatic rings. The number of carbonyl (C=O) groups is 1. The number of hydrazone groups is 1. The van der Waals surface area contributed by atoms with Crippen molar-refractivity contribution < 1.29 is 14.3 Å². The molecular formula is C25H20N4O3S2. The zero-order valence-electron chi connectivity index (χ0n) is 18.0. The molecule has 0 aliphatic carbocycles. The number of fused-ring (bicyclic) bond motifs is 1. The van der Waals surface area contributed by atoms with Crippen LogP contribution >= 0.6 is 23.1 Å². The summed E-state index contributed by atoms with van der Waals surface area (Å²) in [5.74, 6) is 1.16. The quantitative estimate of drug-likeness (QED) is 0.345. The van der Waals surface area contributed by atoms with E-state index >= 15 is 0 Å². The number of hydrogen-bond donors (Lipinski definition) is 1. The van der Waals surface area contributed by atoms with Crippen molar-refractivity contribution in [2.45, 2.75) is 6.42 Å². The molecule has 0 saturated carbocycles. The predicted octanol–water partition coefficient (Wildman–Crippen LogP) is 5.26. The Balaban J connectivity index is 1.18. The Bertz CT molecular complexity index is 1280. The molecule has 34 heavy (non-hydrogen) atoms. The zero-order chi connectivity index (χ0) is 23.3. The lowest BCUT2D eigenvalue weighted by molar-refractivity contribution is -0.114. The molecule has 7 nitrogen and oxygen atoms in total. The van der Waals surface area contributed by atoms with Gasteiger partial charge in [-0.25, -0.2) is 0 Å². The van der Waals surface area contributed by atoms with Crippen LogP contribution in [-0.2, 0) is 4.79 Å². The zero-order valence-corrected chi connectivity index (χ0v) is 19.6. The Morgan fingerprint density at radius 3 is 2.38 bits per heavy atom. The first-order valence-corrected chi connectivity index (χ1v) is 12.3. The highest BCUT2D eigenvalue weighted by atomic mass is 32.2. The van der Waals surface area contributed by atoms with Crippen LogP contribution in [0.15, 0.2) is 87.8 Å². The van der Waals surface area contributed by atoms with Crippen molar-refractivity contribution in [1.29, 1.82) is 5.41 Å². The van der Waals surface area contributed by atoms with E-state index in [0.29, 0.717) is 18.4 Å². The average Bonchev–Trinajstić information content (AvgIpc) is 3.53. The summed E-state index contributed by atoms with van der Waals surface area (Å²) in [6, 6.07) is 21.0. The summed E-state index contributed by atoms with van der Waals surface area (Å²) < 4.78 is 11.4. The summed E-state index contributed by atoms with van der Waals surface area (Å²) >= 11 is 2.86. The van der Waals surface area contributed by atoms with E-state index in [-0.39, 0.29) is 11.4 Å². The molecule has 2 aromatic carbocycles. The minimum absolute atomic E-state index is 0.0211. The van der Waals surface area contributed by atoms with Crippen molar-refractivity contribution in [2.75, 3.05) is 13.2 Å². The second kappa shape index (κ2) is 10.1. The number of thiophene rings is 1. The fraction of sp³-hybridized carbons (Fsp3) is 0.120. The second-order valence-electron chi connectivity index (χ2n) is 7.34. The van der Waals surface area contributed by atoms with Crippen LogP contribution in [0.4, 0.5) is 0 Å². The van der Waals surface area contributed by atoms with E-state index in [2.05, 4.69) is 10.1 Å². The fourth-order valence-electron chi connectivity index (χ4n) is 3.27. The molecule has 0 bridgehead atoms. The van der Waals surface area contributed by atoms with Gasteiger partial charge in [-0.3, -0.25) is 10.2 Å². The fourth-order valence-corrected chi connectivity index (χ4v) is 4.96. The van der Waals surface area contributed by atoms with Crippen LogP contribution in [0, 0.1) is 5.41 Å². The maximum atomic E-state index is 12.6. The van der Waals surface area contributed by atoms with E-state index in [1.807, 2.05) is 72.1 Å². The molecule has 170 valence electrons. The Kier molecular flexibility index (Phi) is 6.55. The minimum atomic E-state index is -0.440. The average molecular weight is 489 g/mol. The third kappa shape index (κ3) is 4.95. The van der Waals surface area contributed by atoms with Crippen LogP contribution in [0.1, 0.15) is 16.9 Å². The van der Waals surface area contributed by atoms with E-state index in [4.69, 9.17) is 14.9 Å². The van der Waals surface area contributed by atoms with Crippen molar-refractivity contribution in [3.05, 3.63) is 88.1 Å². The lowest BCUT2D eigenvalue weighted by Gasteiger charge is -2.20. The molecule has 3 heterocycles. The van der Waals surface area contributed by atoms with Crippen LogP contribution in [0.2, 0.25) is 0 Å². The number of benzene rings is 2. The van der Waals surface area contributed by atoms with E-state index in [1.54, 1.807) is 17.4 Å². The number of carbonyl (C=O) groups excluding carboxylic acids is 1. The van der Waals surface area contributed by atoms with Crippen molar-refractivity contribution in [1.82, 2.24) is 5.01 Å². The summed E-state index contributed by atoms with van der Waals surface area (Å²) in [5.41, 5.74) is 0.980. The highest BCUT2D eigenvalue weighted by molar-refractivity contribution is 8.27. The van der Waals surface area contributed by atoms with Crippen molar-refractivity contribution in [3.63, 3.8) is 0 Å². The smallest absolute Gasteiger partial charge is 0.283 e. The number of amides is 1. The van der Waals surface area contributed by atoms with Gasteiger partial charge in [0.1, 0.15) is 16.5 Å². The van der Waals surface area contributed by atoms with Gasteiger partial charge in [0.2, 0.25) is 5.17 Å². The van der Waals surface area contributed by atoms with E-state index in [9.17, 15) is 4.79 Å². The molecule has 1 aromatic heterocycles. The first-order chi connectivity index (χ1) is 16.7. The van der Waals surface area contributed by atoms with Crippen LogP contribution in [0.3, 0.4) is 0 Å². The molecule has 0 atom stereocenters. The molecule has 9 heteroatoms. The van der Waals surface area contributed by atoms with Gasteiger partial charge in [-0.1, -0.05) is 36.4 Å². The summed E-state index contributed by atoms with van der Waals surface area (Å²) in [5, 5.41) is 17.5. The van der Waals surface area contributed by atoms with Crippen LogP contribution in [0.5, 0.6) is 11.5 Å². The van der Waals surface area contributed by atoms with Gasteiger partial charge in [0.05, 0.1) is 23.7 Å². The third-order valence-electron chi connectivity index (χ3n) is 4.95. The standard InChI is InChI=1S/C25H20N4O3S2/c26-22-20(23(30)27-25-29(22)28-24(34-25)21-8-4-15-33-21)16-17-9-11-19(12-10-17)32-14-5-13-31-18-6-2-1-3-7-18/h1-4,6-12,15-16,26H,5,13-14H2. The Hall–Kier alpha value is -3.69.